The first-order valence-corrected chi connectivity index (χ1v) is 6.23. The van der Waals surface area contributed by atoms with E-state index in [4.69, 9.17) is 4.74 Å². The van der Waals surface area contributed by atoms with E-state index in [9.17, 15) is 0 Å². The summed E-state index contributed by atoms with van der Waals surface area (Å²) in [5.41, 5.74) is 3.30. The predicted molar refractivity (Wildman–Crippen MR) is 63.8 cm³/mol. The summed E-state index contributed by atoms with van der Waals surface area (Å²) in [6.07, 6.45) is 0. The van der Waals surface area contributed by atoms with Crippen molar-refractivity contribution in [2.45, 2.75) is 26.2 Å². The van der Waals surface area contributed by atoms with Crippen molar-refractivity contribution in [1.29, 1.82) is 0 Å². The fourth-order valence-corrected chi connectivity index (χ4v) is 2.81. The first-order valence-electron chi connectivity index (χ1n) is 5.36. The molecule has 0 bridgehead atoms. The highest BCUT2D eigenvalue weighted by atomic mass is 32.1. The molecule has 0 amide bonds. The monoisotopic (exact) mass is 226 g/mol. The smallest absolute Gasteiger partial charge is 0.115 e. The van der Waals surface area contributed by atoms with Gasteiger partial charge in [-0.3, -0.25) is 0 Å². The van der Waals surface area contributed by atoms with Gasteiger partial charge in [0.15, 0.2) is 0 Å². The molecule has 15 heavy (non-hydrogen) atoms. The van der Waals surface area contributed by atoms with Gasteiger partial charge in [0.05, 0.1) is 24.4 Å². The van der Waals surface area contributed by atoms with Gasteiger partial charge in [-0.2, -0.15) is 0 Å². The summed E-state index contributed by atoms with van der Waals surface area (Å²) in [6, 6.07) is 0. The van der Waals surface area contributed by atoms with Crippen LogP contribution in [0.4, 0.5) is 5.00 Å². The third kappa shape index (κ3) is 2.32. The molecule has 0 spiro atoms. The van der Waals surface area contributed by atoms with Gasteiger partial charge in [-0.05, 0) is 0 Å². The summed E-state index contributed by atoms with van der Waals surface area (Å²) in [4.78, 5) is 6.89. The van der Waals surface area contributed by atoms with E-state index in [1.807, 2.05) is 5.51 Å². The summed E-state index contributed by atoms with van der Waals surface area (Å²) >= 11 is 1.74. The van der Waals surface area contributed by atoms with Gasteiger partial charge >= 0.3 is 0 Å². The average Bonchev–Trinajstić information content (AvgIpc) is 2.67. The maximum atomic E-state index is 5.37. The van der Waals surface area contributed by atoms with Crippen LogP contribution in [0.1, 0.15) is 26.5 Å². The van der Waals surface area contributed by atoms with E-state index < -0.39 is 0 Å². The van der Waals surface area contributed by atoms with E-state index in [0.717, 1.165) is 26.3 Å². The van der Waals surface area contributed by atoms with E-state index in [0.29, 0.717) is 0 Å². The van der Waals surface area contributed by atoms with Crippen molar-refractivity contribution in [3.05, 3.63) is 11.2 Å². The van der Waals surface area contributed by atoms with Crippen LogP contribution in [0.2, 0.25) is 0 Å². The van der Waals surface area contributed by atoms with Gasteiger partial charge in [0.1, 0.15) is 5.00 Å². The molecular formula is C11H18N2OS. The Labute approximate surface area is 95.1 Å². The molecule has 3 nitrogen and oxygen atoms in total. The second-order valence-corrected chi connectivity index (χ2v) is 5.69. The number of aromatic nitrogens is 1. The minimum absolute atomic E-state index is 0.133. The number of rotatable bonds is 1. The van der Waals surface area contributed by atoms with Crippen LogP contribution in [0.3, 0.4) is 0 Å². The normalized spacial score (nSPS) is 18.2. The largest absolute Gasteiger partial charge is 0.378 e. The number of morpholine rings is 1. The lowest BCUT2D eigenvalue weighted by molar-refractivity contribution is 0.123. The molecule has 1 aliphatic rings. The van der Waals surface area contributed by atoms with E-state index in [1.54, 1.807) is 11.3 Å². The van der Waals surface area contributed by atoms with Crippen molar-refractivity contribution in [1.82, 2.24) is 4.98 Å². The van der Waals surface area contributed by atoms with Gasteiger partial charge in [-0.1, -0.05) is 20.8 Å². The van der Waals surface area contributed by atoms with Crippen LogP contribution in [-0.4, -0.2) is 31.3 Å². The molecule has 2 heterocycles. The zero-order chi connectivity index (χ0) is 10.9. The third-order valence-corrected chi connectivity index (χ3v) is 3.44. The van der Waals surface area contributed by atoms with E-state index >= 15 is 0 Å². The molecule has 0 atom stereocenters. The molecule has 0 N–H and O–H groups in total. The van der Waals surface area contributed by atoms with Crippen LogP contribution in [0, 0.1) is 0 Å². The molecule has 2 rings (SSSR count). The molecule has 0 unspecified atom stereocenters. The summed E-state index contributed by atoms with van der Waals surface area (Å²) in [6.45, 7) is 10.3. The van der Waals surface area contributed by atoms with E-state index in [2.05, 4.69) is 30.7 Å². The summed E-state index contributed by atoms with van der Waals surface area (Å²) in [5.74, 6) is 0. The topological polar surface area (TPSA) is 25.4 Å². The zero-order valence-corrected chi connectivity index (χ0v) is 10.4. The zero-order valence-electron chi connectivity index (χ0n) is 9.62. The van der Waals surface area contributed by atoms with E-state index in [-0.39, 0.29) is 5.41 Å². The molecule has 0 aliphatic carbocycles. The molecule has 1 aromatic rings. The number of hydrogen-bond donors (Lipinski definition) is 0. The number of ether oxygens (including phenoxy) is 1. The quantitative estimate of drug-likeness (QED) is 0.734. The Bertz CT molecular complexity index is 324. The maximum absolute atomic E-state index is 5.37. The summed E-state index contributed by atoms with van der Waals surface area (Å²) in [7, 11) is 0. The molecule has 1 saturated heterocycles. The van der Waals surface area contributed by atoms with Crippen molar-refractivity contribution in [2.24, 2.45) is 0 Å². The Kier molecular flexibility index (Phi) is 2.98. The third-order valence-electron chi connectivity index (χ3n) is 2.56. The molecule has 0 saturated carbocycles. The Morgan fingerprint density at radius 3 is 2.60 bits per heavy atom. The van der Waals surface area contributed by atoms with Gasteiger partial charge in [0.25, 0.3) is 0 Å². The van der Waals surface area contributed by atoms with Crippen LogP contribution >= 0.6 is 11.3 Å². The first kappa shape index (κ1) is 10.9. The first-order chi connectivity index (χ1) is 7.09. The summed E-state index contributed by atoms with van der Waals surface area (Å²) in [5, 5.41) is 1.32. The molecule has 4 heteroatoms. The number of anilines is 1. The molecule has 1 aromatic heterocycles. The lowest BCUT2D eigenvalue weighted by Crippen LogP contribution is -2.37. The van der Waals surface area contributed by atoms with Crippen molar-refractivity contribution in [3.63, 3.8) is 0 Å². The van der Waals surface area contributed by atoms with Crippen molar-refractivity contribution >= 4 is 16.3 Å². The van der Waals surface area contributed by atoms with Crippen molar-refractivity contribution in [3.8, 4) is 0 Å². The molecule has 1 aliphatic heterocycles. The van der Waals surface area contributed by atoms with Gasteiger partial charge in [0.2, 0.25) is 0 Å². The maximum Gasteiger partial charge on any atom is 0.115 e. The average molecular weight is 226 g/mol. The molecule has 1 fully saturated rings. The standard InChI is InChI=1S/C11H18N2OS/c1-11(2,3)9-10(15-8-12-9)13-4-6-14-7-5-13/h8H,4-7H2,1-3H3. The van der Waals surface area contributed by atoms with Crippen molar-refractivity contribution in [2.75, 3.05) is 31.2 Å². The van der Waals surface area contributed by atoms with E-state index in [1.165, 1.54) is 10.7 Å². The van der Waals surface area contributed by atoms with Crippen LogP contribution in [0.25, 0.3) is 0 Å². The summed E-state index contributed by atoms with van der Waals surface area (Å²) < 4.78 is 5.37. The predicted octanol–water partition coefficient (Wildman–Crippen LogP) is 2.28. The minimum atomic E-state index is 0.133. The fraction of sp³-hybridized carbons (Fsp3) is 0.727. The number of nitrogens with zero attached hydrogens (tertiary/aromatic N) is 2. The SMILES string of the molecule is CC(C)(C)c1ncsc1N1CCOCC1. The lowest BCUT2D eigenvalue weighted by atomic mass is 9.92. The molecule has 0 aromatic carbocycles. The number of hydrogen-bond acceptors (Lipinski definition) is 4. The number of thiazole rings is 1. The Hall–Kier alpha value is -0.610. The van der Waals surface area contributed by atoms with Crippen LogP contribution in [-0.2, 0) is 10.2 Å². The van der Waals surface area contributed by atoms with Crippen molar-refractivity contribution < 1.29 is 4.74 Å². The highest BCUT2D eigenvalue weighted by Crippen LogP contribution is 2.34. The minimum Gasteiger partial charge on any atom is -0.378 e. The Balaban J connectivity index is 2.24. The lowest BCUT2D eigenvalue weighted by Gasteiger charge is -2.30. The highest BCUT2D eigenvalue weighted by molar-refractivity contribution is 7.14. The van der Waals surface area contributed by atoms with Gasteiger partial charge < -0.3 is 9.64 Å². The Morgan fingerprint density at radius 2 is 2.00 bits per heavy atom. The Morgan fingerprint density at radius 1 is 1.33 bits per heavy atom. The molecule has 0 radical (unpaired) electrons. The fourth-order valence-electron chi connectivity index (χ4n) is 1.75. The molecular weight excluding hydrogens is 208 g/mol. The second-order valence-electron chi connectivity index (χ2n) is 4.86. The highest BCUT2D eigenvalue weighted by Gasteiger charge is 2.25. The second kappa shape index (κ2) is 4.10. The van der Waals surface area contributed by atoms with Crippen LogP contribution < -0.4 is 4.90 Å². The van der Waals surface area contributed by atoms with Crippen LogP contribution in [0.15, 0.2) is 5.51 Å². The van der Waals surface area contributed by atoms with Gasteiger partial charge in [-0.15, -0.1) is 11.3 Å². The van der Waals surface area contributed by atoms with Gasteiger partial charge in [-0.25, -0.2) is 4.98 Å². The van der Waals surface area contributed by atoms with Crippen LogP contribution in [0.5, 0.6) is 0 Å². The van der Waals surface area contributed by atoms with Gasteiger partial charge in [0, 0.05) is 18.5 Å². The molecule has 84 valence electrons.